The van der Waals surface area contributed by atoms with Crippen molar-refractivity contribution in [1.29, 1.82) is 0 Å². The second kappa shape index (κ2) is 5.11. The number of rotatable bonds is 3. The van der Waals surface area contributed by atoms with Crippen LogP contribution in [0.2, 0.25) is 5.02 Å². The van der Waals surface area contributed by atoms with Crippen LogP contribution >= 0.6 is 11.6 Å². The van der Waals surface area contributed by atoms with Crippen molar-refractivity contribution >= 4 is 29.2 Å². The van der Waals surface area contributed by atoms with E-state index in [-0.39, 0.29) is 22.2 Å². The summed E-state index contributed by atoms with van der Waals surface area (Å²) in [6.07, 6.45) is 0. The van der Waals surface area contributed by atoms with Crippen molar-refractivity contribution in [3.63, 3.8) is 0 Å². The maximum atomic E-state index is 13.0. The molecule has 0 aliphatic heterocycles. The lowest BCUT2D eigenvalue weighted by molar-refractivity contribution is 0.0660. The molecule has 0 aliphatic carbocycles. The van der Waals surface area contributed by atoms with Crippen molar-refractivity contribution < 1.29 is 23.5 Å². The van der Waals surface area contributed by atoms with Crippen LogP contribution in [0.3, 0.4) is 0 Å². The molecule has 2 N–H and O–H groups in total. The molecule has 0 unspecified atom stereocenters. The Morgan fingerprint density at radius 3 is 2.53 bits per heavy atom. The number of carboxylic acids is 1. The summed E-state index contributed by atoms with van der Waals surface area (Å²) in [6.45, 7) is 0. The summed E-state index contributed by atoms with van der Waals surface area (Å²) >= 11 is 5.78. The van der Waals surface area contributed by atoms with Gasteiger partial charge in [-0.25, -0.2) is 9.18 Å². The number of anilines is 1. The molecule has 0 aliphatic rings. The van der Waals surface area contributed by atoms with Gasteiger partial charge in [-0.05, 0) is 30.3 Å². The highest BCUT2D eigenvalue weighted by molar-refractivity contribution is 6.33. The quantitative estimate of drug-likeness (QED) is 0.907. The van der Waals surface area contributed by atoms with Gasteiger partial charge in [0.25, 0.3) is 5.91 Å². The number of aromatic carboxylic acids is 1. The average Bonchev–Trinajstić information content (AvgIpc) is 2.83. The average molecular weight is 284 g/mol. The molecule has 5 nitrogen and oxygen atoms in total. The largest absolute Gasteiger partial charge is 0.475 e. The molecule has 0 fully saturated rings. The Kier molecular flexibility index (Phi) is 3.52. The molecular weight excluding hydrogens is 277 g/mol. The van der Waals surface area contributed by atoms with Crippen LogP contribution < -0.4 is 5.32 Å². The zero-order chi connectivity index (χ0) is 14.0. The smallest absolute Gasteiger partial charge is 0.371 e. The lowest BCUT2D eigenvalue weighted by Crippen LogP contribution is -2.11. The van der Waals surface area contributed by atoms with Gasteiger partial charge in [-0.3, -0.25) is 4.79 Å². The Hall–Kier alpha value is -2.34. The number of amides is 1. The monoisotopic (exact) mass is 283 g/mol. The van der Waals surface area contributed by atoms with E-state index >= 15 is 0 Å². The maximum absolute atomic E-state index is 13.0. The molecule has 0 radical (unpaired) electrons. The van der Waals surface area contributed by atoms with E-state index in [1.165, 1.54) is 12.1 Å². The van der Waals surface area contributed by atoms with Crippen LogP contribution in [-0.2, 0) is 0 Å². The lowest BCUT2D eigenvalue weighted by atomic mass is 10.3. The molecule has 7 heteroatoms. The van der Waals surface area contributed by atoms with Gasteiger partial charge in [0, 0.05) is 0 Å². The normalized spacial score (nSPS) is 10.2. The number of halogens is 2. The summed E-state index contributed by atoms with van der Waals surface area (Å²) in [4.78, 5) is 22.3. The number of benzene rings is 1. The summed E-state index contributed by atoms with van der Waals surface area (Å²) in [5.41, 5.74) is 0.0694. The molecule has 2 rings (SSSR count). The minimum Gasteiger partial charge on any atom is -0.475 e. The molecule has 1 heterocycles. The van der Waals surface area contributed by atoms with Gasteiger partial charge in [-0.2, -0.15) is 0 Å². The van der Waals surface area contributed by atoms with Gasteiger partial charge in [0.05, 0.1) is 10.7 Å². The summed E-state index contributed by atoms with van der Waals surface area (Å²) in [7, 11) is 0. The fourth-order valence-electron chi connectivity index (χ4n) is 1.35. The third-order valence-corrected chi connectivity index (χ3v) is 2.55. The first-order chi connectivity index (χ1) is 8.97. The molecule has 1 aromatic carbocycles. The van der Waals surface area contributed by atoms with Crippen LogP contribution in [0.4, 0.5) is 10.1 Å². The second-order valence-corrected chi connectivity index (χ2v) is 3.95. The molecule has 1 aromatic heterocycles. The summed E-state index contributed by atoms with van der Waals surface area (Å²) < 4.78 is 17.8. The van der Waals surface area contributed by atoms with Crippen LogP contribution in [0.25, 0.3) is 0 Å². The molecule has 0 bridgehead atoms. The summed E-state index contributed by atoms with van der Waals surface area (Å²) in [5.74, 6) is -3.15. The highest BCUT2D eigenvalue weighted by Gasteiger charge is 2.16. The highest BCUT2D eigenvalue weighted by atomic mass is 35.5. The Balaban J connectivity index is 2.20. The molecule has 2 aromatic rings. The van der Waals surface area contributed by atoms with Gasteiger partial charge in [0.2, 0.25) is 5.76 Å². The number of furan rings is 1. The summed E-state index contributed by atoms with van der Waals surface area (Å²) in [6, 6.07) is 5.82. The lowest BCUT2D eigenvalue weighted by Gasteiger charge is -2.05. The van der Waals surface area contributed by atoms with E-state index in [1.54, 1.807) is 0 Å². The first-order valence-electron chi connectivity index (χ1n) is 5.07. The minimum atomic E-state index is -1.29. The number of hydrogen-bond donors (Lipinski definition) is 2. The second-order valence-electron chi connectivity index (χ2n) is 3.55. The minimum absolute atomic E-state index is 0.0694. The number of nitrogens with one attached hydrogen (secondary N) is 1. The van der Waals surface area contributed by atoms with Crippen LogP contribution in [0.1, 0.15) is 21.1 Å². The zero-order valence-corrected chi connectivity index (χ0v) is 10.1. The fourth-order valence-corrected chi connectivity index (χ4v) is 1.52. The van der Waals surface area contributed by atoms with Crippen LogP contribution in [0, 0.1) is 5.82 Å². The number of carbonyl (C=O) groups is 2. The molecule has 1 amide bonds. The molecule has 0 saturated heterocycles. The maximum Gasteiger partial charge on any atom is 0.371 e. The molecule has 19 heavy (non-hydrogen) atoms. The molecule has 98 valence electrons. The number of hydrogen-bond acceptors (Lipinski definition) is 3. The van der Waals surface area contributed by atoms with Crippen LogP contribution in [0.15, 0.2) is 34.7 Å². The first-order valence-corrected chi connectivity index (χ1v) is 5.44. The van der Waals surface area contributed by atoms with E-state index in [0.29, 0.717) is 0 Å². The third kappa shape index (κ3) is 2.92. The van der Waals surface area contributed by atoms with Crippen molar-refractivity contribution in [1.82, 2.24) is 0 Å². The zero-order valence-electron chi connectivity index (χ0n) is 9.31. The SMILES string of the molecule is O=C(O)c1ccc(C(=O)Nc2cc(F)ccc2Cl)o1. The van der Waals surface area contributed by atoms with Gasteiger partial charge in [0.1, 0.15) is 5.82 Å². The van der Waals surface area contributed by atoms with E-state index < -0.39 is 17.7 Å². The van der Waals surface area contributed by atoms with E-state index in [1.807, 2.05) is 0 Å². The number of carboxylic acid groups (broad SMARTS) is 1. The van der Waals surface area contributed by atoms with Gasteiger partial charge < -0.3 is 14.8 Å². The first kappa shape index (κ1) is 13.1. The van der Waals surface area contributed by atoms with Gasteiger partial charge >= 0.3 is 5.97 Å². The molecule has 0 atom stereocenters. The van der Waals surface area contributed by atoms with Crippen molar-refractivity contribution in [2.24, 2.45) is 0 Å². The fraction of sp³-hybridized carbons (Fsp3) is 0. The Bertz CT molecular complexity index is 653. The van der Waals surface area contributed by atoms with Crippen LogP contribution in [0.5, 0.6) is 0 Å². The van der Waals surface area contributed by atoms with Gasteiger partial charge in [-0.15, -0.1) is 0 Å². The topological polar surface area (TPSA) is 79.5 Å². The highest BCUT2D eigenvalue weighted by Crippen LogP contribution is 2.23. The third-order valence-electron chi connectivity index (χ3n) is 2.22. The predicted octanol–water partition coefficient (Wildman–Crippen LogP) is 3.02. The molecule has 0 spiro atoms. The molecular formula is C12H7ClFNO4. The summed E-state index contributed by atoms with van der Waals surface area (Å²) in [5, 5.41) is 11.1. The van der Waals surface area contributed by atoms with Gasteiger partial charge in [-0.1, -0.05) is 11.6 Å². The van der Waals surface area contributed by atoms with Crippen molar-refractivity contribution in [2.75, 3.05) is 5.32 Å². The van der Waals surface area contributed by atoms with E-state index in [0.717, 1.165) is 18.2 Å². The predicted molar refractivity (Wildman–Crippen MR) is 65.0 cm³/mol. The van der Waals surface area contributed by atoms with Crippen molar-refractivity contribution in [3.8, 4) is 0 Å². The van der Waals surface area contributed by atoms with Crippen molar-refractivity contribution in [3.05, 3.63) is 52.7 Å². The number of carbonyl (C=O) groups excluding carboxylic acids is 1. The van der Waals surface area contributed by atoms with E-state index in [4.69, 9.17) is 21.1 Å². The Labute approximate surface area is 111 Å². The van der Waals surface area contributed by atoms with E-state index in [2.05, 4.69) is 5.32 Å². The van der Waals surface area contributed by atoms with Gasteiger partial charge in [0.15, 0.2) is 5.76 Å². The Morgan fingerprint density at radius 1 is 1.21 bits per heavy atom. The molecule has 0 saturated carbocycles. The van der Waals surface area contributed by atoms with Crippen LogP contribution in [-0.4, -0.2) is 17.0 Å². The van der Waals surface area contributed by atoms with E-state index in [9.17, 15) is 14.0 Å². The Morgan fingerprint density at radius 2 is 1.89 bits per heavy atom. The van der Waals surface area contributed by atoms with Crippen molar-refractivity contribution in [2.45, 2.75) is 0 Å². The standard InChI is InChI=1S/C12H7ClFNO4/c13-7-2-1-6(14)5-8(7)15-11(16)9-3-4-10(19-9)12(17)18/h1-5H,(H,15,16)(H,17,18).